The number of hydrazone groups is 1. The van der Waals surface area contributed by atoms with E-state index in [-0.39, 0.29) is 17.5 Å². The van der Waals surface area contributed by atoms with Gasteiger partial charge in [0.1, 0.15) is 5.75 Å². The molecule has 1 fully saturated rings. The lowest BCUT2D eigenvalue weighted by atomic mass is 9.74. The molecule has 2 aromatic rings. The fourth-order valence-corrected chi connectivity index (χ4v) is 4.95. The summed E-state index contributed by atoms with van der Waals surface area (Å²) in [6.45, 7) is 1.97. The van der Waals surface area contributed by atoms with Crippen LogP contribution in [0.1, 0.15) is 32.6 Å². The lowest BCUT2D eigenvalue weighted by Crippen LogP contribution is -2.60. The molecule has 4 rings (SSSR count). The summed E-state index contributed by atoms with van der Waals surface area (Å²) in [7, 11) is 1.56. The van der Waals surface area contributed by atoms with E-state index in [4.69, 9.17) is 4.74 Å². The first-order valence-corrected chi connectivity index (χ1v) is 10.4. The van der Waals surface area contributed by atoms with Crippen molar-refractivity contribution in [3.8, 4) is 17.0 Å². The van der Waals surface area contributed by atoms with Crippen LogP contribution in [0.15, 0.2) is 34.7 Å². The van der Waals surface area contributed by atoms with Gasteiger partial charge >= 0.3 is 6.18 Å². The third-order valence-electron chi connectivity index (χ3n) is 5.87. The first kappa shape index (κ1) is 20.2. The Labute approximate surface area is 170 Å². The molecular formula is C20H22F3N3O2S. The maximum absolute atomic E-state index is 14.1. The summed E-state index contributed by atoms with van der Waals surface area (Å²) in [6.07, 6.45) is -2.53. The summed E-state index contributed by atoms with van der Waals surface area (Å²) < 4.78 is 47.4. The number of alkyl halides is 3. The maximum atomic E-state index is 14.1. The summed E-state index contributed by atoms with van der Waals surface area (Å²) in [5.41, 5.74) is -1.38. The Kier molecular flexibility index (Phi) is 5.06. The minimum absolute atomic E-state index is 0.0330. The molecule has 9 heteroatoms. The van der Waals surface area contributed by atoms with Gasteiger partial charge in [0.2, 0.25) is 5.13 Å². The predicted molar refractivity (Wildman–Crippen MR) is 106 cm³/mol. The van der Waals surface area contributed by atoms with E-state index in [9.17, 15) is 18.3 Å². The molecule has 0 unspecified atom stereocenters. The Morgan fingerprint density at radius 1 is 1.31 bits per heavy atom. The normalized spacial score (nSPS) is 27.0. The Bertz CT molecular complexity index is 912. The molecular weight excluding hydrogens is 403 g/mol. The smallest absolute Gasteiger partial charge is 0.439 e. The van der Waals surface area contributed by atoms with Crippen molar-refractivity contribution in [3.05, 3.63) is 29.6 Å². The van der Waals surface area contributed by atoms with Crippen molar-refractivity contribution < 1.29 is 23.0 Å². The summed E-state index contributed by atoms with van der Waals surface area (Å²) in [4.78, 5) is 4.36. The number of ether oxygens (including phenoxy) is 1. The molecule has 0 saturated heterocycles. The number of thiazole rings is 1. The molecule has 1 aliphatic carbocycles. The van der Waals surface area contributed by atoms with Crippen molar-refractivity contribution >= 4 is 22.2 Å². The highest BCUT2D eigenvalue weighted by Gasteiger charge is 2.68. The van der Waals surface area contributed by atoms with Gasteiger partial charge in [0.05, 0.1) is 18.7 Å². The number of nitrogens with zero attached hydrogens (tertiary/aromatic N) is 3. The molecule has 1 saturated carbocycles. The number of methoxy groups -OCH3 is 1. The number of halogens is 3. The average Bonchev–Trinajstić information content (AvgIpc) is 3.31. The Morgan fingerprint density at radius 2 is 2.03 bits per heavy atom. The van der Waals surface area contributed by atoms with Gasteiger partial charge in [-0.1, -0.05) is 13.3 Å². The topological polar surface area (TPSA) is 58.0 Å². The number of aliphatic hydroxyl groups is 1. The van der Waals surface area contributed by atoms with Gasteiger partial charge in [-0.15, -0.1) is 11.3 Å². The second-order valence-corrected chi connectivity index (χ2v) is 8.31. The quantitative estimate of drug-likeness (QED) is 0.743. The number of hydrogen-bond acceptors (Lipinski definition) is 6. The second-order valence-electron chi connectivity index (χ2n) is 7.47. The van der Waals surface area contributed by atoms with Crippen LogP contribution < -0.4 is 9.75 Å². The van der Waals surface area contributed by atoms with Crippen LogP contribution in [0.3, 0.4) is 0 Å². The van der Waals surface area contributed by atoms with E-state index >= 15 is 0 Å². The van der Waals surface area contributed by atoms with Crippen LogP contribution in [0.25, 0.3) is 11.3 Å². The molecule has 0 amide bonds. The van der Waals surface area contributed by atoms with Crippen LogP contribution in [0.4, 0.5) is 18.3 Å². The van der Waals surface area contributed by atoms with Crippen LogP contribution in [-0.2, 0) is 0 Å². The lowest BCUT2D eigenvalue weighted by Gasteiger charge is -2.39. The van der Waals surface area contributed by atoms with Gasteiger partial charge in [-0.05, 0) is 49.4 Å². The molecule has 1 N–H and O–H groups in total. The Balaban J connectivity index is 1.70. The molecule has 1 aromatic carbocycles. The van der Waals surface area contributed by atoms with Crippen LogP contribution >= 0.6 is 11.3 Å². The van der Waals surface area contributed by atoms with E-state index in [1.54, 1.807) is 36.8 Å². The van der Waals surface area contributed by atoms with Crippen molar-refractivity contribution in [1.29, 1.82) is 0 Å². The fraction of sp³-hybridized carbons (Fsp3) is 0.500. The monoisotopic (exact) mass is 425 g/mol. The van der Waals surface area contributed by atoms with Gasteiger partial charge in [0, 0.05) is 16.7 Å². The molecule has 0 spiro atoms. The van der Waals surface area contributed by atoms with E-state index in [1.807, 2.05) is 6.92 Å². The van der Waals surface area contributed by atoms with E-state index in [0.29, 0.717) is 28.6 Å². The molecule has 5 nitrogen and oxygen atoms in total. The number of benzene rings is 1. The predicted octanol–water partition coefficient (Wildman–Crippen LogP) is 5.07. The number of fused-ring (bicyclic) bond motifs is 1. The molecule has 1 aliphatic heterocycles. The summed E-state index contributed by atoms with van der Waals surface area (Å²) >= 11 is 1.04. The third-order valence-corrected chi connectivity index (χ3v) is 6.69. The maximum Gasteiger partial charge on any atom is 0.439 e. The third kappa shape index (κ3) is 3.30. The number of aromatic nitrogens is 1. The van der Waals surface area contributed by atoms with E-state index in [2.05, 4.69) is 10.1 Å². The van der Waals surface area contributed by atoms with Crippen LogP contribution in [0, 0.1) is 11.8 Å². The molecule has 29 heavy (non-hydrogen) atoms. The zero-order valence-corrected chi connectivity index (χ0v) is 16.9. The molecule has 3 atom stereocenters. The summed E-state index contributed by atoms with van der Waals surface area (Å²) in [5.74, 6) is -0.232. The van der Waals surface area contributed by atoms with Crippen LogP contribution in [-0.4, -0.2) is 34.8 Å². The van der Waals surface area contributed by atoms with Crippen LogP contribution in [0.5, 0.6) is 5.75 Å². The number of rotatable bonds is 4. The minimum Gasteiger partial charge on any atom is -0.497 e. The van der Waals surface area contributed by atoms with E-state index in [1.165, 1.54) is 0 Å². The highest BCUT2D eigenvalue weighted by Crippen LogP contribution is 2.51. The lowest BCUT2D eigenvalue weighted by molar-refractivity contribution is -0.270. The van der Waals surface area contributed by atoms with Crippen molar-refractivity contribution in [1.82, 2.24) is 4.98 Å². The molecule has 0 radical (unpaired) electrons. The molecule has 1 aromatic heterocycles. The van der Waals surface area contributed by atoms with Gasteiger partial charge in [-0.2, -0.15) is 23.3 Å². The van der Waals surface area contributed by atoms with Gasteiger partial charge in [0.25, 0.3) is 5.72 Å². The molecule has 2 aliphatic rings. The second kappa shape index (κ2) is 7.28. The van der Waals surface area contributed by atoms with Gasteiger partial charge in [0.15, 0.2) is 0 Å². The fourth-order valence-electron chi connectivity index (χ4n) is 4.12. The van der Waals surface area contributed by atoms with Crippen molar-refractivity contribution in [2.45, 2.75) is 44.5 Å². The van der Waals surface area contributed by atoms with Crippen molar-refractivity contribution in [3.63, 3.8) is 0 Å². The zero-order chi connectivity index (χ0) is 20.8. The molecule has 2 heterocycles. The largest absolute Gasteiger partial charge is 0.497 e. The molecule has 0 bridgehead atoms. The molecule has 156 valence electrons. The highest BCUT2D eigenvalue weighted by atomic mass is 32.1. The summed E-state index contributed by atoms with van der Waals surface area (Å²) in [5, 5.41) is 17.5. The van der Waals surface area contributed by atoms with Crippen molar-refractivity contribution in [2.24, 2.45) is 16.9 Å². The Hall–Kier alpha value is -2.13. The van der Waals surface area contributed by atoms with E-state index in [0.717, 1.165) is 29.7 Å². The minimum atomic E-state index is -4.86. The average molecular weight is 425 g/mol. The first-order valence-electron chi connectivity index (χ1n) is 9.54. The SMILES string of the molecule is CC[C@H]1CCC2=NN(c3nc(-c4ccc(OC)cc4)cs3)[C@](O)(C(F)(F)F)[C@@H]2C1. The highest BCUT2D eigenvalue weighted by molar-refractivity contribution is 7.14. The standard InChI is InChI=1S/C20H22F3N3O2S/c1-3-12-4-9-16-15(10-12)19(27,20(21,22)23)26(25-16)18-24-17(11-29-18)13-5-7-14(28-2)8-6-13/h5-8,11-12,15,27H,3-4,9-10H2,1-2H3/t12-,15+,19+/m0/s1. The Morgan fingerprint density at radius 3 is 2.66 bits per heavy atom. The van der Waals surface area contributed by atoms with E-state index < -0.39 is 17.8 Å². The zero-order valence-electron chi connectivity index (χ0n) is 16.1. The van der Waals surface area contributed by atoms with Gasteiger partial charge < -0.3 is 9.84 Å². The van der Waals surface area contributed by atoms with Crippen molar-refractivity contribution in [2.75, 3.05) is 12.1 Å². The van der Waals surface area contributed by atoms with Gasteiger partial charge in [-0.25, -0.2) is 4.98 Å². The number of hydrogen-bond donors (Lipinski definition) is 1. The van der Waals surface area contributed by atoms with Gasteiger partial charge in [-0.3, -0.25) is 0 Å². The first-order chi connectivity index (χ1) is 13.8. The number of anilines is 1. The van der Waals surface area contributed by atoms with Crippen LogP contribution in [0.2, 0.25) is 0 Å². The summed E-state index contributed by atoms with van der Waals surface area (Å²) in [6, 6.07) is 7.09.